The molecule has 3 aliphatic rings. The van der Waals surface area contributed by atoms with Crippen molar-refractivity contribution in [1.29, 1.82) is 0 Å². The zero-order valence-corrected chi connectivity index (χ0v) is 19.1. The first kappa shape index (κ1) is 22.9. The number of phenolic OH excluding ortho intramolecular Hbond substituents is 1. The Hall–Kier alpha value is -3.89. The first-order chi connectivity index (χ1) is 16.5. The predicted molar refractivity (Wildman–Crippen MR) is 124 cm³/mol. The Kier molecular flexibility index (Phi) is 4.94. The number of carbonyl (C=O) groups excluding carboxylic acids is 3. The zero-order valence-electron chi connectivity index (χ0n) is 19.1. The van der Waals surface area contributed by atoms with Gasteiger partial charge in [-0.15, -0.1) is 0 Å². The van der Waals surface area contributed by atoms with Crippen molar-refractivity contribution in [2.24, 2.45) is 17.6 Å². The monoisotopic (exact) mass is 479 g/mol. The number of aromatic hydroxyl groups is 1. The van der Waals surface area contributed by atoms with Crippen LogP contribution >= 0.6 is 0 Å². The topological polar surface area (TPSA) is 166 Å². The number of aromatic nitrogens is 1. The Morgan fingerprint density at radius 2 is 1.80 bits per heavy atom. The predicted octanol–water partition coefficient (Wildman–Crippen LogP) is 0.755. The summed E-state index contributed by atoms with van der Waals surface area (Å²) in [6, 6.07) is 5.65. The van der Waals surface area contributed by atoms with Crippen LogP contribution in [0, 0.1) is 11.8 Å². The molecule has 0 bridgehead atoms. The summed E-state index contributed by atoms with van der Waals surface area (Å²) in [6.45, 7) is 0. The second-order valence-electron chi connectivity index (χ2n) is 9.51. The van der Waals surface area contributed by atoms with Crippen molar-refractivity contribution in [1.82, 2.24) is 9.47 Å². The standard InChI is InChI=1S/C25H25N3O7/c1-27(2)19-13-10-11-9-12-14(28-7-3-4-8-28)5-6-15(29)17(12)20(30)16(11)22(32)25(13,35)23(33)18(21(19)31)24(26)34/h3-8,11,13,19,29-30,33,35H,9-10H2,1-2H3,(H2,26,34)/t11-,13-,19-,25-/m0/s1. The number of hydrogen-bond donors (Lipinski definition) is 5. The van der Waals surface area contributed by atoms with Gasteiger partial charge in [0, 0.05) is 29.6 Å². The van der Waals surface area contributed by atoms with Crippen molar-refractivity contribution in [2.75, 3.05) is 14.1 Å². The molecule has 1 aromatic heterocycles. The third-order valence-electron chi connectivity index (χ3n) is 7.46. The van der Waals surface area contributed by atoms with Gasteiger partial charge in [-0.25, -0.2) is 0 Å². The lowest BCUT2D eigenvalue weighted by Crippen LogP contribution is -2.65. The van der Waals surface area contributed by atoms with Crippen LogP contribution in [0.3, 0.4) is 0 Å². The van der Waals surface area contributed by atoms with Gasteiger partial charge in [-0.05, 0) is 62.7 Å². The van der Waals surface area contributed by atoms with Crippen molar-refractivity contribution in [3.63, 3.8) is 0 Å². The molecule has 1 saturated carbocycles. The molecule has 5 rings (SSSR count). The minimum absolute atomic E-state index is 0.0482. The number of nitrogens with two attached hydrogens (primary N) is 1. The Balaban J connectivity index is 1.75. The smallest absolute Gasteiger partial charge is 0.255 e. The van der Waals surface area contributed by atoms with Gasteiger partial charge in [0.15, 0.2) is 11.4 Å². The third kappa shape index (κ3) is 2.93. The largest absolute Gasteiger partial charge is 0.508 e. The molecule has 1 aromatic carbocycles. The summed E-state index contributed by atoms with van der Waals surface area (Å²) >= 11 is 0. The average Bonchev–Trinajstić information content (AvgIpc) is 3.30. The molecule has 35 heavy (non-hydrogen) atoms. The van der Waals surface area contributed by atoms with Crippen LogP contribution in [-0.4, -0.2) is 73.1 Å². The van der Waals surface area contributed by atoms with Crippen molar-refractivity contribution >= 4 is 23.2 Å². The van der Waals surface area contributed by atoms with Gasteiger partial charge in [-0.3, -0.25) is 19.3 Å². The highest BCUT2D eigenvalue weighted by molar-refractivity contribution is 6.24. The second-order valence-corrected chi connectivity index (χ2v) is 9.51. The Morgan fingerprint density at radius 3 is 2.40 bits per heavy atom. The number of ketones is 2. The van der Waals surface area contributed by atoms with Crippen LogP contribution in [0.1, 0.15) is 17.5 Å². The minimum atomic E-state index is -2.64. The summed E-state index contributed by atoms with van der Waals surface area (Å²) in [5.74, 6) is -6.63. The number of amides is 1. The van der Waals surface area contributed by atoms with E-state index in [0.29, 0.717) is 11.3 Å². The van der Waals surface area contributed by atoms with E-state index in [4.69, 9.17) is 5.73 Å². The normalized spacial score (nSPS) is 28.2. The molecule has 1 amide bonds. The summed E-state index contributed by atoms with van der Waals surface area (Å²) < 4.78 is 1.82. The van der Waals surface area contributed by atoms with E-state index in [1.807, 2.05) is 29.1 Å². The molecule has 2 aromatic rings. The quantitative estimate of drug-likeness (QED) is 0.402. The number of rotatable bonds is 3. The summed E-state index contributed by atoms with van der Waals surface area (Å²) in [5, 5.41) is 44.3. The number of aliphatic hydroxyl groups excluding tert-OH is 2. The van der Waals surface area contributed by atoms with Gasteiger partial charge in [0.05, 0.1) is 11.6 Å². The van der Waals surface area contributed by atoms with Crippen LogP contribution in [0.15, 0.2) is 53.6 Å². The third-order valence-corrected chi connectivity index (χ3v) is 7.46. The highest BCUT2D eigenvalue weighted by Gasteiger charge is 2.64. The van der Waals surface area contributed by atoms with Crippen LogP contribution < -0.4 is 5.73 Å². The highest BCUT2D eigenvalue weighted by Crippen LogP contribution is 2.53. The van der Waals surface area contributed by atoms with E-state index in [2.05, 4.69) is 0 Å². The molecular weight excluding hydrogens is 454 g/mol. The van der Waals surface area contributed by atoms with Crippen LogP contribution in [0.2, 0.25) is 0 Å². The van der Waals surface area contributed by atoms with E-state index in [-0.39, 0.29) is 29.7 Å². The van der Waals surface area contributed by atoms with Crippen LogP contribution in [0.4, 0.5) is 0 Å². The van der Waals surface area contributed by atoms with E-state index in [1.54, 1.807) is 20.2 Å². The second kappa shape index (κ2) is 7.56. The number of primary amides is 1. The summed E-state index contributed by atoms with van der Waals surface area (Å²) in [5.41, 5.74) is 3.05. The van der Waals surface area contributed by atoms with Crippen molar-refractivity contribution in [3.05, 3.63) is 64.7 Å². The Labute approximate surface area is 200 Å². The molecule has 0 unspecified atom stereocenters. The Morgan fingerprint density at radius 1 is 1.14 bits per heavy atom. The maximum Gasteiger partial charge on any atom is 0.255 e. The lowest BCUT2D eigenvalue weighted by atomic mass is 9.57. The molecule has 0 aliphatic heterocycles. The number of Topliss-reactive ketones (excluding diaryl/α,β-unsaturated/α-hetero) is 2. The molecule has 0 spiro atoms. The molecule has 0 radical (unpaired) electrons. The van der Waals surface area contributed by atoms with Gasteiger partial charge in [0.25, 0.3) is 5.91 Å². The maximum absolute atomic E-state index is 13.8. The zero-order chi connectivity index (χ0) is 25.4. The minimum Gasteiger partial charge on any atom is -0.508 e. The molecule has 182 valence electrons. The van der Waals surface area contributed by atoms with E-state index in [9.17, 15) is 34.8 Å². The van der Waals surface area contributed by atoms with E-state index in [0.717, 1.165) is 0 Å². The summed E-state index contributed by atoms with van der Waals surface area (Å²) in [6.07, 6.45) is 3.90. The highest BCUT2D eigenvalue weighted by atomic mass is 16.3. The summed E-state index contributed by atoms with van der Waals surface area (Å²) in [7, 11) is 3.13. The molecular formula is C25H25N3O7. The molecule has 1 heterocycles. The van der Waals surface area contributed by atoms with Gasteiger partial charge in [-0.2, -0.15) is 0 Å². The first-order valence-corrected chi connectivity index (χ1v) is 11.1. The summed E-state index contributed by atoms with van der Waals surface area (Å²) in [4.78, 5) is 40.4. The van der Waals surface area contributed by atoms with E-state index >= 15 is 0 Å². The van der Waals surface area contributed by atoms with Gasteiger partial charge in [0.1, 0.15) is 22.8 Å². The number of fused-ring (bicyclic) bond motifs is 3. The maximum atomic E-state index is 13.8. The number of benzene rings is 1. The molecule has 6 N–H and O–H groups in total. The first-order valence-electron chi connectivity index (χ1n) is 11.1. The molecule has 0 saturated heterocycles. The van der Waals surface area contributed by atoms with Gasteiger partial charge >= 0.3 is 0 Å². The number of nitrogens with zero attached hydrogens (tertiary/aromatic N) is 2. The fourth-order valence-corrected chi connectivity index (χ4v) is 5.96. The van der Waals surface area contributed by atoms with Crippen molar-refractivity contribution < 1.29 is 34.8 Å². The molecule has 10 nitrogen and oxygen atoms in total. The molecule has 3 aliphatic carbocycles. The van der Waals surface area contributed by atoms with Crippen LogP contribution in [0.5, 0.6) is 5.75 Å². The number of carbonyl (C=O) groups is 3. The lowest BCUT2D eigenvalue weighted by molar-refractivity contribution is -0.153. The number of likely N-dealkylation sites (N-methyl/N-ethyl adjacent to an activating group) is 1. The molecule has 4 atom stereocenters. The van der Waals surface area contributed by atoms with E-state index < -0.39 is 58.0 Å². The SMILES string of the molecule is CN(C)[C@@H]1C(=O)C(C(N)=O)=C(O)[C@@]2(O)C(=O)C3=C(O)c4c(O)ccc(-n5cccc5)c4C[C@H]3C[C@@H]12. The van der Waals surface area contributed by atoms with Crippen LogP contribution in [0.25, 0.3) is 11.4 Å². The number of phenols is 1. The lowest BCUT2D eigenvalue weighted by Gasteiger charge is -2.50. The van der Waals surface area contributed by atoms with E-state index in [1.165, 1.54) is 11.0 Å². The number of aliphatic hydroxyl groups is 3. The van der Waals surface area contributed by atoms with Gasteiger partial charge in [0.2, 0.25) is 5.78 Å². The molecule has 1 fully saturated rings. The van der Waals surface area contributed by atoms with Crippen molar-refractivity contribution in [3.8, 4) is 11.4 Å². The Bertz CT molecular complexity index is 1360. The fourth-order valence-electron chi connectivity index (χ4n) is 5.96. The van der Waals surface area contributed by atoms with Gasteiger partial charge < -0.3 is 30.7 Å². The molecule has 10 heteroatoms. The van der Waals surface area contributed by atoms with Gasteiger partial charge in [-0.1, -0.05) is 0 Å². The van der Waals surface area contributed by atoms with Crippen LogP contribution in [-0.2, 0) is 20.8 Å². The average molecular weight is 479 g/mol. The fraction of sp³-hybridized carbons (Fsp3) is 0.320. The van der Waals surface area contributed by atoms with Crippen molar-refractivity contribution in [2.45, 2.75) is 24.5 Å². The number of hydrogen-bond acceptors (Lipinski definition) is 8.